The van der Waals surface area contributed by atoms with Gasteiger partial charge in [0.05, 0.1) is 33.0 Å². The minimum Gasteiger partial charge on any atom is -0.455 e. The molecule has 6 heterocycles. The molecule has 4 nitrogen and oxygen atoms in total. The summed E-state index contributed by atoms with van der Waals surface area (Å²) in [5.41, 5.74) is 15.4. The second-order valence-electron chi connectivity index (χ2n) is 14.7. The number of hydrogen-bond donors (Lipinski definition) is 0. The summed E-state index contributed by atoms with van der Waals surface area (Å²) in [5, 5.41) is 13.7. The Labute approximate surface area is 289 Å². The number of para-hydroxylation sites is 2. The number of imidazole rings is 1. The second-order valence-corrected chi connectivity index (χ2v) is 14.7. The highest BCUT2D eigenvalue weighted by Crippen LogP contribution is 2.45. The van der Waals surface area contributed by atoms with Crippen LogP contribution in [0.1, 0.15) is 5.56 Å². The van der Waals surface area contributed by atoms with Gasteiger partial charge in [-0.1, -0.05) is 97.1 Å². The Bertz CT molecular complexity index is 3680. The van der Waals surface area contributed by atoms with Crippen molar-refractivity contribution < 1.29 is 4.42 Å². The van der Waals surface area contributed by atoms with E-state index >= 15 is 0 Å². The monoisotopic (exact) mass is 645 g/mol. The van der Waals surface area contributed by atoms with Gasteiger partial charge in [-0.15, -0.1) is 0 Å². The Morgan fingerprint density at radius 1 is 0.569 bits per heavy atom. The second kappa shape index (κ2) is 8.23. The normalized spacial score (nSPS) is 13.5. The van der Waals surface area contributed by atoms with E-state index in [4.69, 9.17) is 9.40 Å². The number of aryl methyl sites for hydroxylation is 1. The largest absolute Gasteiger partial charge is 0.455 e. The predicted molar refractivity (Wildman–Crippen MR) is 214 cm³/mol. The zero-order valence-corrected chi connectivity index (χ0v) is 27.5. The average molecular weight is 646 g/mol. The molecule has 0 unspecified atom stereocenters. The van der Waals surface area contributed by atoms with E-state index in [9.17, 15) is 0 Å². The first-order valence-corrected chi connectivity index (χ1v) is 17.8. The molecule has 2 aliphatic rings. The van der Waals surface area contributed by atoms with Crippen molar-refractivity contribution in [3.8, 4) is 5.69 Å². The Hall–Kier alpha value is -6.59. The van der Waals surface area contributed by atoms with Crippen LogP contribution in [-0.4, -0.2) is 20.7 Å². The SMILES string of the molecule is Cc1cc2c3c4c1c1ccc5c6ccccc6oc5c1c1nc5cccc(c5n14)B3c1cc3ccccc3c3c4c5ccccc5ccc4n-2c13. The predicted octanol–water partition coefficient (Wildman–Crippen LogP) is 9.55. The van der Waals surface area contributed by atoms with Crippen molar-refractivity contribution in [1.29, 1.82) is 0 Å². The fourth-order valence-electron chi connectivity index (χ4n) is 10.5. The zero-order valence-electron chi connectivity index (χ0n) is 27.5. The molecule has 0 bridgehead atoms. The van der Waals surface area contributed by atoms with Crippen molar-refractivity contribution in [2.75, 3.05) is 0 Å². The zero-order chi connectivity index (χ0) is 32.9. The third-order valence-corrected chi connectivity index (χ3v) is 12.3. The molecule has 51 heavy (non-hydrogen) atoms. The van der Waals surface area contributed by atoms with Crippen LogP contribution in [0.3, 0.4) is 0 Å². The van der Waals surface area contributed by atoms with E-state index in [0.29, 0.717) is 0 Å². The molecule has 0 aliphatic carbocycles. The van der Waals surface area contributed by atoms with Crippen molar-refractivity contribution in [2.45, 2.75) is 6.92 Å². The van der Waals surface area contributed by atoms with Gasteiger partial charge in [-0.05, 0) is 86.1 Å². The maximum absolute atomic E-state index is 6.72. The van der Waals surface area contributed by atoms with E-state index in [2.05, 4.69) is 143 Å². The van der Waals surface area contributed by atoms with Crippen LogP contribution in [0.4, 0.5) is 0 Å². The Kier molecular flexibility index (Phi) is 4.10. The number of aromatic nitrogens is 3. The number of benzene rings is 8. The van der Waals surface area contributed by atoms with Gasteiger partial charge in [0.25, 0.3) is 6.71 Å². The lowest BCUT2D eigenvalue weighted by Gasteiger charge is -2.33. The summed E-state index contributed by atoms with van der Waals surface area (Å²) >= 11 is 0. The standard InChI is InChI=1S/C46H24BN3O/c1-23-21-35-41-44-37(23)30-19-18-29-28-13-6-7-16-36(28)51-45(29)40(30)46-48-33-15-8-14-31(42(33)50(44)46)47(41)32-22-25-10-3-5-12-27(25)39-38-26-11-4-2-9-24(26)17-20-34(38)49(35)43(32)39/h2-22H,1H3. The van der Waals surface area contributed by atoms with Crippen LogP contribution < -0.4 is 16.4 Å². The summed E-state index contributed by atoms with van der Waals surface area (Å²) in [6.07, 6.45) is 0. The fraction of sp³-hybridized carbons (Fsp3) is 0.0217. The van der Waals surface area contributed by atoms with Crippen molar-refractivity contribution >= 4 is 127 Å². The minimum absolute atomic E-state index is 0.0572. The summed E-state index contributed by atoms with van der Waals surface area (Å²) in [7, 11) is 0. The van der Waals surface area contributed by atoms with Crippen LogP contribution in [0, 0.1) is 6.92 Å². The van der Waals surface area contributed by atoms with E-state index in [1.807, 2.05) is 0 Å². The Morgan fingerprint density at radius 2 is 1.35 bits per heavy atom. The van der Waals surface area contributed by atoms with Gasteiger partial charge >= 0.3 is 0 Å². The number of pyridine rings is 1. The highest BCUT2D eigenvalue weighted by atomic mass is 16.3. The molecular weight excluding hydrogens is 621 g/mol. The summed E-state index contributed by atoms with van der Waals surface area (Å²) < 4.78 is 11.8. The van der Waals surface area contributed by atoms with Gasteiger partial charge in [-0.2, -0.15) is 0 Å². The van der Waals surface area contributed by atoms with Gasteiger partial charge in [0.15, 0.2) is 0 Å². The molecule has 5 heteroatoms. The van der Waals surface area contributed by atoms with Gasteiger partial charge in [0.1, 0.15) is 16.8 Å². The van der Waals surface area contributed by atoms with Crippen LogP contribution in [-0.2, 0) is 0 Å². The van der Waals surface area contributed by atoms with Crippen LogP contribution in [0.2, 0.25) is 0 Å². The first-order valence-electron chi connectivity index (χ1n) is 17.8. The summed E-state index contributed by atoms with van der Waals surface area (Å²) in [6.45, 7) is 2.35. The molecule has 0 amide bonds. The van der Waals surface area contributed by atoms with E-state index in [-0.39, 0.29) is 6.71 Å². The van der Waals surface area contributed by atoms with E-state index in [1.54, 1.807) is 0 Å². The maximum atomic E-state index is 6.72. The van der Waals surface area contributed by atoms with Crippen LogP contribution in [0.15, 0.2) is 132 Å². The van der Waals surface area contributed by atoms with E-state index in [1.165, 1.54) is 92.8 Å². The smallest absolute Gasteiger partial charge is 0.252 e. The van der Waals surface area contributed by atoms with Crippen LogP contribution in [0.25, 0.3) is 109 Å². The van der Waals surface area contributed by atoms with Gasteiger partial charge < -0.3 is 8.98 Å². The van der Waals surface area contributed by atoms with Crippen LogP contribution in [0.5, 0.6) is 0 Å². The molecule has 0 fully saturated rings. The molecule has 0 radical (unpaired) electrons. The molecule has 0 saturated carbocycles. The molecular formula is C46H24BN3O. The van der Waals surface area contributed by atoms with E-state index < -0.39 is 0 Å². The quantitative estimate of drug-likeness (QED) is 0.122. The van der Waals surface area contributed by atoms with Crippen molar-refractivity contribution in [2.24, 2.45) is 0 Å². The summed E-state index contributed by atoms with van der Waals surface area (Å²) in [6, 6.07) is 47.1. The third kappa shape index (κ3) is 2.69. The third-order valence-electron chi connectivity index (χ3n) is 12.3. The summed E-state index contributed by atoms with van der Waals surface area (Å²) in [4.78, 5) is 5.47. The Balaban J connectivity index is 1.29. The highest BCUT2D eigenvalue weighted by Gasteiger charge is 2.41. The van der Waals surface area contributed by atoms with Crippen molar-refractivity contribution in [1.82, 2.24) is 14.0 Å². The van der Waals surface area contributed by atoms with Crippen molar-refractivity contribution in [3.05, 3.63) is 133 Å². The highest BCUT2D eigenvalue weighted by molar-refractivity contribution is 7.01. The van der Waals surface area contributed by atoms with Gasteiger partial charge in [-0.3, -0.25) is 4.40 Å². The van der Waals surface area contributed by atoms with Gasteiger partial charge in [0.2, 0.25) is 0 Å². The molecule has 0 atom stereocenters. The van der Waals surface area contributed by atoms with Gasteiger partial charge in [-0.25, -0.2) is 4.98 Å². The maximum Gasteiger partial charge on any atom is 0.252 e. The number of hydrogen-bond acceptors (Lipinski definition) is 2. The summed E-state index contributed by atoms with van der Waals surface area (Å²) in [5.74, 6) is 0. The number of rotatable bonds is 0. The molecule has 4 aromatic heterocycles. The number of fused-ring (bicyclic) bond motifs is 17. The molecule has 12 aromatic rings. The lowest BCUT2D eigenvalue weighted by Crippen LogP contribution is -2.58. The molecule has 232 valence electrons. The first-order chi connectivity index (χ1) is 25.2. The topological polar surface area (TPSA) is 35.4 Å². The molecule has 0 saturated heterocycles. The molecule has 14 rings (SSSR count). The number of nitrogens with zero attached hydrogens (tertiary/aromatic N) is 3. The van der Waals surface area contributed by atoms with Crippen LogP contribution >= 0.6 is 0 Å². The molecule has 0 N–H and O–H groups in total. The number of furan rings is 1. The lowest BCUT2D eigenvalue weighted by atomic mass is 9.34. The molecule has 8 aromatic carbocycles. The minimum atomic E-state index is 0.0572. The lowest BCUT2D eigenvalue weighted by molar-refractivity contribution is 0.673. The average Bonchev–Trinajstić information content (AvgIpc) is 3.86. The Morgan fingerprint density at radius 3 is 2.25 bits per heavy atom. The fourth-order valence-corrected chi connectivity index (χ4v) is 10.5. The van der Waals surface area contributed by atoms with Gasteiger partial charge in [0, 0.05) is 32.6 Å². The molecule has 2 aliphatic heterocycles. The van der Waals surface area contributed by atoms with Crippen molar-refractivity contribution in [3.63, 3.8) is 0 Å². The first kappa shape index (κ1) is 25.4. The molecule has 0 spiro atoms. The van der Waals surface area contributed by atoms with E-state index in [0.717, 1.165) is 38.5 Å².